The van der Waals surface area contributed by atoms with Crippen molar-refractivity contribution in [3.05, 3.63) is 58.6 Å². The molecule has 0 aliphatic rings. The number of amides is 2. The number of methoxy groups -OCH3 is 1. The molecule has 0 saturated heterocycles. The molecule has 0 fully saturated rings. The first kappa shape index (κ1) is 22.7. The summed E-state index contributed by atoms with van der Waals surface area (Å²) in [5.74, 6) is -0.343. The van der Waals surface area contributed by atoms with Crippen LogP contribution in [0.5, 0.6) is 0 Å². The van der Waals surface area contributed by atoms with Crippen molar-refractivity contribution in [1.29, 1.82) is 0 Å². The van der Waals surface area contributed by atoms with Crippen molar-refractivity contribution in [3.8, 4) is 0 Å². The van der Waals surface area contributed by atoms with Gasteiger partial charge in [0.15, 0.2) is 0 Å². The second-order valence-corrected chi connectivity index (χ2v) is 7.33. The van der Waals surface area contributed by atoms with Crippen LogP contribution in [0.25, 0.3) is 0 Å². The highest BCUT2D eigenvalue weighted by molar-refractivity contribution is 6.34. The summed E-state index contributed by atoms with van der Waals surface area (Å²) in [7, 11) is 5.40. The smallest absolute Gasteiger partial charge is 0.257 e. The lowest BCUT2D eigenvalue weighted by atomic mass is 10.1. The Morgan fingerprint density at radius 3 is 2.48 bits per heavy atom. The predicted molar refractivity (Wildman–Crippen MR) is 118 cm³/mol. The third-order valence-electron chi connectivity index (χ3n) is 4.41. The van der Waals surface area contributed by atoms with Gasteiger partial charge in [-0.15, -0.1) is 0 Å². The van der Waals surface area contributed by atoms with Crippen LogP contribution in [0.4, 0.5) is 11.4 Å². The molecule has 6 nitrogen and oxygen atoms in total. The van der Waals surface area contributed by atoms with Crippen LogP contribution in [0.1, 0.15) is 29.3 Å². The zero-order chi connectivity index (χ0) is 21.4. The molecule has 0 aromatic heterocycles. The van der Waals surface area contributed by atoms with E-state index in [1.54, 1.807) is 29.2 Å². The zero-order valence-electron chi connectivity index (χ0n) is 17.4. The van der Waals surface area contributed by atoms with Crippen LogP contribution in [0.3, 0.4) is 0 Å². The first-order valence-electron chi connectivity index (χ1n) is 9.50. The lowest BCUT2D eigenvalue weighted by Crippen LogP contribution is -2.34. The highest BCUT2D eigenvalue weighted by Crippen LogP contribution is 2.26. The summed E-state index contributed by atoms with van der Waals surface area (Å²) in [6.07, 6.45) is 0.843. The largest absolute Gasteiger partial charge is 0.377 e. The van der Waals surface area contributed by atoms with E-state index >= 15 is 0 Å². The monoisotopic (exact) mass is 417 g/mol. The van der Waals surface area contributed by atoms with E-state index in [2.05, 4.69) is 5.32 Å². The molecule has 0 spiro atoms. The van der Waals surface area contributed by atoms with Gasteiger partial charge < -0.3 is 19.9 Å². The van der Waals surface area contributed by atoms with E-state index in [9.17, 15) is 9.59 Å². The molecule has 0 aliphatic carbocycles. The normalized spacial score (nSPS) is 10.5. The van der Waals surface area contributed by atoms with Crippen molar-refractivity contribution in [1.82, 2.24) is 4.90 Å². The Labute approximate surface area is 177 Å². The van der Waals surface area contributed by atoms with E-state index < -0.39 is 0 Å². The lowest BCUT2D eigenvalue weighted by Gasteiger charge is -2.26. The summed E-state index contributed by atoms with van der Waals surface area (Å²) >= 11 is 6.13. The number of nitrogens with one attached hydrogen (secondary N) is 1. The number of benzene rings is 2. The number of rotatable bonds is 9. The van der Waals surface area contributed by atoms with Crippen LogP contribution in [0.15, 0.2) is 42.5 Å². The maximum absolute atomic E-state index is 12.6. The van der Waals surface area contributed by atoms with Gasteiger partial charge in [0.05, 0.1) is 10.6 Å². The lowest BCUT2D eigenvalue weighted by molar-refractivity contribution is -0.135. The van der Waals surface area contributed by atoms with E-state index in [4.69, 9.17) is 16.3 Å². The summed E-state index contributed by atoms with van der Waals surface area (Å²) in [5, 5.41) is 3.29. The molecular weight excluding hydrogens is 390 g/mol. The summed E-state index contributed by atoms with van der Waals surface area (Å²) in [6, 6.07) is 12.6. The molecular formula is C22H28ClN3O3. The van der Waals surface area contributed by atoms with Gasteiger partial charge in [0.2, 0.25) is 5.91 Å². The van der Waals surface area contributed by atoms with Gasteiger partial charge in [-0.3, -0.25) is 9.59 Å². The topological polar surface area (TPSA) is 61.9 Å². The van der Waals surface area contributed by atoms with Crippen molar-refractivity contribution >= 4 is 34.8 Å². The molecule has 1 N–H and O–H groups in total. The standard InChI is InChI=1S/C22H28ClN3O3/c1-5-12-26(21(27)15-29-4)14-16-13-17(10-11-20(16)25(2)3)24-22(28)18-8-6-7-9-19(18)23/h6-11,13H,5,12,14-15H2,1-4H3,(H,24,28). The zero-order valence-corrected chi connectivity index (χ0v) is 18.1. The number of anilines is 2. The van der Waals surface area contributed by atoms with Gasteiger partial charge in [-0.2, -0.15) is 0 Å². The van der Waals surface area contributed by atoms with E-state index in [0.29, 0.717) is 29.4 Å². The minimum absolute atomic E-state index is 0.0419. The molecule has 0 unspecified atom stereocenters. The first-order chi connectivity index (χ1) is 13.9. The number of halogens is 1. The minimum atomic E-state index is -0.278. The fourth-order valence-corrected chi connectivity index (χ4v) is 3.27. The number of nitrogens with zero attached hydrogens (tertiary/aromatic N) is 2. The molecule has 156 valence electrons. The summed E-state index contributed by atoms with van der Waals surface area (Å²) in [6.45, 7) is 3.13. The van der Waals surface area contributed by atoms with Crippen LogP contribution >= 0.6 is 11.6 Å². The van der Waals surface area contributed by atoms with Gasteiger partial charge in [-0.05, 0) is 42.3 Å². The minimum Gasteiger partial charge on any atom is -0.377 e. The van der Waals surface area contributed by atoms with Crippen molar-refractivity contribution in [2.24, 2.45) is 0 Å². The second-order valence-electron chi connectivity index (χ2n) is 6.92. The summed E-state index contributed by atoms with van der Waals surface area (Å²) < 4.78 is 5.01. The van der Waals surface area contributed by atoms with Crippen molar-refractivity contribution in [3.63, 3.8) is 0 Å². The fourth-order valence-electron chi connectivity index (χ4n) is 3.05. The van der Waals surface area contributed by atoms with E-state index in [0.717, 1.165) is 17.7 Å². The Hall–Kier alpha value is -2.57. The molecule has 0 radical (unpaired) electrons. The van der Waals surface area contributed by atoms with Gasteiger partial charge in [0.1, 0.15) is 6.61 Å². The maximum Gasteiger partial charge on any atom is 0.257 e. The molecule has 7 heteroatoms. The van der Waals surface area contributed by atoms with Crippen LogP contribution in [0, 0.1) is 0 Å². The fraction of sp³-hybridized carbons (Fsp3) is 0.364. The Balaban J connectivity index is 2.29. The first-order valence-corrected chi connectivity index (χ1v) is 9.88. The quantitative estimate of drug-likeness (QED) is 0.668. The molecule has 29 heavy (non-hydrogen) atoms. The Kier molecular flexibility index (Phi) is 8.49. The van der Waals surface area contributed by atoms with Gasteiger partial charge in [-0.1, -0.05) is 30.7 Å². The Morgan fingerprint density at radius 1 is 1.14 bits per heavy atom. The average Bonchev–Trinajstić information content (AvgIpc) is 2.68. The summed E-state index contributed by atoms with van der Waals surface area (Å²) in [4.78, 5) is 28.8. The molecule has 0 atom stereocenters. The van der Waals surface area contributed by atoms with E-state index in [1.807, 2.05) is 44.1 Å². The summed E-state index contributed by atoms with van der Waals surface area (Å²) in [5.41, 5.74) is 2.97. The molecule has 2 amide bonds. The van der Waals surface area contributed by atoms with Crippen LogP contribution in [0.2, 0.25) is 5.02 Å². The number of carbonyl (C=O) groups excluding carboxylic acids is 2. The van der Waals surface area contributed by atoms with Gasteiger partial charge >= 0.3 is 0 Å². The highest BCUT2D eigenvalue weighted by atomic mass is 35.5. The molecule has 0 heterocycles. The van der Waals surface area contributed by atoms with Crippen molar-refractivity contribution in [2.75, 3.05) is 44.6 Å². The van der Waals surface area contributed by atoms with Crippen molar-refractivity contribution in [2.45, 2.75) is 19.9 Å². The predicted octanol–water partition coefficient (Wildman–Crippen LogP) is 4.04. The molecule has 2 aromatic rings. The maximum atomic E-state index is 12.6. The third-order valence-corrected chi connectivity index (χ3v) is 4.74. The highest BCUT2D eigenvalue weighted by Gasteiger charge is 2.17. The Bertz CT molecular complexity index is 855. The van der Waals surface area contributed by atoms with Crippen molar-refractivity contribution < 1.29 is 14.3 Å². The van der Waals surface area contributed by atoms with Crippen LogP contribution in [-0.2, 0) is 16.1 Å². The molecule has 2 aromatic carbocycles. The molecule has 0 aliphatic heterocycles. The van der Waals surface area contributed by atoms with Crippen LogP contribution in [-0.4, -0.2) is 51.1 Å². The number of hydrogen-bond donors (Lipinski definition) is 1. The molecule has 0 bridgehead atoms. The van der Waals surface area contributed by atoms with E-state index in [-0.39, 0.29) is 18.4 Å². The molecule has 2 rings (SSSR count). The van der Waals surface area contributed by atoms with Gasteiger partial charge in [-0.25, -0.2) is 0 Å². The van der Waals surface area contributed by atoms with Crippen LogP contribution < -0.4 is 10.2 Å². The number of carbonyl (C=O) groups is 2. The van der Waals surface area contributed by atoms with Gasteiger partial charge in [0.25, 0.3) is 5.91 Å². The second kappa shape index (κ2) is 10.8. The van der Waals surface area contributed by atoms with Gasteiger partial charge in [0, 0.05) is 45.7 Å². The molecule has 0 saturated carbocycles. The number of ether oxygens (including phenoxy) is 1. The average molecular weight is 418 g/mol. The third kappa shape index (κ3) is 6.21. The SMILES string of the molecule is CCCN(Cc1cc(NC(=O)c2ccccc2Cl)ccc1N(C)C)C(=O)COC. The van der Waals surface area contributed by atoms with E-state index in [1.165, 1.54) is 7.11 Å². The number of hydrogen-bond acceptors (Lipinski definition) is 4. The Morgan fingerprint density at radius 2 is 1.86 bits per heavy atom.